The number of hydrogen-bond acceptors (Lipinski definition) is 5. The number of halogens is 1. The molecule has 0 unspecified atom stereocenters. The van der Waals surface area contributed by atoms with E-state index in [0.717, 1.165) is 36.0 Å². The molecule has 3 aliphatic rings. The Morgan fingerprint density at radius 2 is 1.92 bits per heavy atom. The summed E-state index contributed by atoms with van der Waals surface area (Å²) >= 11 is 0. The first-order valence-electron chi connectivity index (χ1n) is 9.43. The molecule has 1 aromatic heterocycles. The quantitative estimate of drug-likeness (QED) is 0.772. The van der Waals surface area contributed by atoms with Gasteiger partial charge in [0.25, 0.3) is 0 Å². The highest BCUT2D eigenvalue weighted by Crippen LogP contribution is 2.43. The molecule has 0 N–H and O–H groups in total. The number of morpholine rings is 1. The average molecular weight is 362 g/mol. The van der Waals surface area contributed by atoms with E-state index in [9.17, 15) is 9.18 Å². The van der Waals surface area contributed by atoms with Crippen LogP contribution in [-0.4, -0.2) is 62.0 Å². The van der Waals surface area contributed by atoms with Crippen molar-refractivity contribution in [3.05, 3.63) is 11.6 Å². The minimum absolute atomic E-state index is 0.104. The van der Waals surface area contributed by atoms with E-state index in [0.29, 0.717) is 39.1 Å². The number of carbonyl (C=O) groups is 1. The van der Waals surface area contributed by atoms with Crippen LogP contribution in [0.1, 0.15) is 32.3 Å². The minimum atomic E-state index is -0.835. The molecule has 1 aromatic rings. The zero-order valence-electron chi connectivity index (χ0n) is 15.8. The van der Waals surface area contributed by atoms with Crippen molar-refractivity contribution in [3.8, 4) is 0 Å². The van der Waals surface area contributed by atoms with Crippen molar-refractivity contribution >= 4 is 23.2 Å². The number of rotatable bonds is 3. The van der Waals surface area contributed by atoms with Crippen molar-refractivity contribution in [2.45, 2.75) is 45.3 Å². The van der Waals surface area contributed by atoms with Crippen LogP contribution in [0.4, 0.5) is 21.7 Å². The smallest absolute Gasteiger partial charge is 0.229 e. The van der Waals surface area contributed by atoms with E-state index in [-0.39, 0.29) is 11.4 Å². The maximum Gasteiger partial charge on any atom is 0.229 e. The normalized spacial score (nSPS) is 25.6. The van der Waals surface area contributed by atoms with Gasteiger partial charge in [0.15, 0.2) is 5.82 Å². The van der Waals surface area contributed by atoms with Gasteiger partial charge < -0.3 is 19.4 Å². The standard InChI is InChI=1S/C19H27FN4O2/c1-13-10-15(24-16(25)11-19(24,2)3)18(23-5-4-14(20)12-23)21-17(13)22-6-8-26-9-7-22/h10,14H,4-9,11-12H2,1-3H3/t14-/m1/s1. The summed E-state index contributed by atoms with van der Waals surface area (Å²) in [6, 6.07) is 2.05. The molecule has 26 heavy (non-hydrogen) atoms. The first kappa shape index (κ1) is 17.5. The number of nitrogens with zero attached hydrogens (tertiary/aromatic N) is 4. The molecule has 4 heterocycles. The van der Waals surface area contributed by atoms with E-state index in [2.05, 4.69) is 24.8 Å². The van der Waals surface area contributed by atoms with Gasteiger partial charge in [-0.05, 0) is 38.8 Å². The van der Waals surface area contributed by atoms with Crippen LogP contribution in [0.25, 0.3) is 0 Å². The molecule has 0 saturated carbocycles. The number of anilines is 3. The lowest BCUT2D eigenvalue weighted by atomic mass is 9.87. The summed E-state index contributed by atoms with van der Waals surface area (Å²) in [6.45, 7) is 10.1. The van der Waals surface area contributed by atoms with Crippen LogP contribution >= 0.6 is 0 Å². The highest BCUT2D eigenvalue weighted by Gasteiger charge is 2.46. The molecule has 0 radical (unpaired) electrons. The number of β-lactam (4-membered cyclic amide) rings is 1. The number of hydrogen-bond donors (Lipinski definition) is 0. The molecular formula is C19H27FN4O2. The summed E-state index contributed by atoms with van der Waals surface area (Å²) in [5.74, 6) is 1.76. The maximum atomic E-state index is 13.9. The van der Waals surface area contributed by atoms with E-state index in [4.69, 9.17) is 9.72 Å². The predicted molar refractivity (Wildman–Crippen MR) is 99.9 cm³/mol. The number of carbonyl (C=O) groups excluding carboxylic acids is 1. The molecule has 3 fully saturated rings. The Bertz CT molecular complexity index is 718. The van der Waals surface area contributed by atoms with Gasteiger partial charge in [0.2, 0.25) is 5.91 Å². The van der Waals surface area contributed by atoms with E-state index < -0.39 is 6.17 Å². The van der Waals surface area contributed by atoms with Crippen LogP contribution in [0, 0.1) is 6.92 Å². The molecule has 4 rings (SSSR count). The maximum absolute atomic E-state index is 13.9. The topological polar surface area (TPSA) is 48.9 Å². The van der Waals surface area contributed by atoms with Crippen molar-refractivity contribution in [2.24, 2.45) is 0 Å². The Hall–Kier alpha value is -1.89. The van der Waals surface area contributed by atoms with Gasteiger partial charge in [-0.3, -0.25) is 4.79 Å². The number of ether oxygens (including phenoxy) is 1. The molecular weight excluding hydrogens is 335 g/mol. The summed E-state index contributed by atoms with van der Waals surface area (Å²) in [5, 5.41) is 0. The highest BCUT2D eigenvalue weighted by molar-refractivity contribution is 6.04. The average Bonchev–Trinajstić information content (AvgIpc) is 3.01. The molecule has 7 heteroatoms. The lowest BCUT2D eigenvalue weighted by Crippen LogP contribution is -2.60. The number of amides is 1. The van der Waals surface area contributed by atoms with Crippen LogP contribution in [0.2, 0.25) is 0 Å². The van der Waals surface area contributed by atoms with Gasteiger partial charge in [-0.2, -0.15) is 0 Å². The largest absolute Gasteiger partial charge is 0.378 e. The summed E-state index contributed by atoms with van der Waals surface area (Å²) in [6.07, 6.45) is 0.208. The third kappa shape index (κ3) is 2.92. The van der Waals surface area contributed by atoms with E-state index >= 15 is 0 Å². The van der Waals surface area contributed by atoms with Crippen LogP contribution < -0.4 is 14.7 Å². The van der Waals surface area contributed by atoms with Crippen LogP contribution in [0.15, 0.2) is 6.07 Å². The lowest BCUT2D eigenvalue weighted by molar-refractivity contribution is -0.126. The first-order valence-corrected chi connectivity index (χ1v) is 9.43. The molecule has 142 valence electrons. The zero-order valence-corrected chi connectivity index (χ0v) is 15.8. The molecule has 0 spiro atoms. The predicted octanol–water partition coefficient (Wildman–Crippen LogP) is 2.29. The highest BCUT2D eigenvalue weighted by atomic mass is 19.1. The molecule has 1 amide bonds. The van der Waals surface area contributed by atoms with Crippen molar-refractivity contribution in [3.63, 3.8) is 0 Å². The molecule has 6 nitrogen and oxygen atoms in total. The van der Waals surface area contributed by atoms with Gasteiger partial charge in [0.1, 0.15) is 12.0 Å². The lowest BCUT2D eigenvalue weighted by Gasteiger charge is -2.48. The SMILES string of the molecule is Cc1cc(N2C(=O)CC2(C)C)c(N2CC[C@@H](F)C2)nc1N1CCOCC1. The van der Waals surface area contributed by atoms with E-state index in [1.165, 1.54) is 0 Å². The van der Waals surface area contributed by atoms with Crippen molar-refractivity contribution in [1.82, 2.24) is 4.98 Å². The van der Waals surface area contributed by atoms with Gasteiger partial charge in [-0.1, -0.05) is 0 Å². The summed E-state index contributed by atoms with van der Waals surface area (Å²) in [7, 11) is 0. The molecule has 3 saturated heterocycles. The van der Waals surface area contributed by atoms with Gasteiger partial charge >= 0.3 is 0 Å². The molecule has 3 aliphatic heterocycles. The Labute approximate surface area is 153 Å². The Balaban J connectivity index is 1.77. The monoisotopic (exact) mass is 362 g/mol. The summed E-state index contributed by atoms with van der Waals surface area (Å²) in [4.78, 5) is 23.3. The van der Waals surface area contributed by atoms with Crippen LogP contribution in [0.5, 0.6) is 0 Å². The van der Waals surface area contributed by atoms with Crippen molar-refractivity contribution in [1.29, 1.82) is 0 Å². The molecule has 0 aliphatic carbocycles. The molecule has 0 bridgehead atoms. The fourth-order valence-corrected chi connectivity index (χ4v) is 4.22. The third-order valence-corrected chi connectivity index (χ3v) is 5.57. The number of alkyl halides is 1. The minimum Gasteiger partial charge on any atom is -0.378 e. The second-order valence-electron chi connectivity index (χ2n) is 8.12. The van der Waals surface area contributed by atoms with Gasteiger partial charge in [0.05, 0.1) is 37.4 Å². The number of pyridine rings is 1. The summed E-state index contributed by atoms with van der Waals surface area (Å²) in [5.41, 5.74) is 1.63. The number of aryl methyl sites for hydroxylation is 1. The first-order chi connectivity index (χ1) is 12.4. The third-order valence-electron chi connectivity index (χ3n) is 5.57. The number of aromatic nitrogens is 1. The summed E-state index contributed by atoms with van der Waals surface area (Å²) < 4.78 is 19.3. The van der Waals surface area contributed by atoms with Crippen LogP contribution in [0.3, 0.4) is 0 Å². The van der Waals surface area contributed by atoms with Crippen molar-refractivity contribution in [2.75, 3.05) is 54.1 Å². The van der Waals surface area contributed by atoms with E-state index in [1.54, 1.807) is 0 Å². The fraction of sp³-hybridized carbons (Fsp3) is 0.684. The van der Waals surface area contributed by atoms with Crippen molar-refractivity contribution < 1.29 is 13.9 Å². The molecule has 0 aromatic carbocycles. The van der Waals surface area contributed by atoms with Crippen LogP contribution in [-0.2, 0) is 9.53 Å². The Morgan fingerprint density at radius 3 is 2.50 bits per heavy atom. The Kier molecular flexibility index (Phi) is 4.29. The fourth-order valence-electron chi connectivity index (χ4n) is 4.22. The van der Waals surface area contributed by atoms with Gasteiger partial charge in [-0.15, -0.1) is 0 Å². The second-order valence-corrected chi connectivity index (χ2v) is 8.12. The second kappa shape index (κ2) is 6.37. The van der Waals surface area contributed by atoms with Gasteiger partial charge in [-0.25, -0.2) is 9.37 Å². The van der Waals surface area contributed by atoms with Gasteiger partial charge in [0, 0.05) is 19.6 Å². The Morgan fingerprint density at radius 1 is 1.19 bits per heavy atom. The molecule has 1 atom stereocenters. The zero-order chi connectivity index (χ0) is 18.5. The van der Waals surface area contributed by atoms with E-state index in [1.807, 2.05) is 16.7 Å².